The fourth-order valence-corrected chi connectivity index (χ4v) is 8.40. The number of fused-ring (bicyclic) bond motifs is 5. The molecule has 3 fully saturated rings. The van der Waals surface area contributed by atoms with Crippen LogP contribution in [0.5, 0.6) is 0 Å². The highest BCUT2D eigenvalue weighted by atomic mass is 16.3. The standard InChI is InChI=1S/C26H44O2/c1-17(10-13-24(2,3)28)21-8-9-22-20-7-6-18-16-19(27)11-14-25(18,4)23(20)12-15-26(21,22)5/h6,17,19-23,27-28H,7-16H2,1-5H3/t17?,19?,20?,21?,22?,23?,25-,26+/m0/s1. The molecule has 0 saturated heterocycles. The molecule has 160 valence electrons. The van der Waals surface area contributed by atoms with E-state index in [4.69, 9.17) is 0 Å². The van der Waals surface area contributed by atoms with Gasteiger partial charge in [-0.25, -0.2) is 0 Å². The molecule has 8 atom stereocenters. The molecule has 0 spiro atoms. The molecule has 2 N–H and O–H groups in total. The first-order valence-corrected chi connectivity index (χ1v) is 12.1. The zero-order chi connectivity index (χ0) is 20.3. The van der Waals surface area contributed by atoms with Crippen molar-refractivity contribution in [2.45, 2.75) is 111 Å². The summed E-state index contributed by atoms with van der Waals surface area (Å²) in [5.74, 6) is 4.11. The van der Waals surface area contributed by atoms with Crippen molar-refractivity contribution in [1.29, 1.82) is 0 Å². The van der Waals surface area contributed by atoms with Gasteiger partial charge in [-0.3, -0.25) is 0 Å². The van der Waals surface area contributed by atoms with Gasteiger partial charge < -0.3 is 10.2 Å². The molecule has 0 aromatic carbocycles. The van der Waals surface area contributed by atoms with Gasteiger partial charge >= 0.3 is 0 Å². The maximum atomic E-state index is 10.2. The van der Waals surface area contributed by atoms with E-state index in [9.17, 15) is 10.2 Å². The quantitative estimate of drug-likeness (QED) is 0.570. The Labute approximate surface area is 173 Å². The van der Waals surface area contributed by atoms with Gasteiger partial charge in [0.25, 0.3) is 0 Å². The minimum Gasteiger partial charge on any atom is -0.393 e. The van der Waals surface area contributed by atoms with E-state index in [1.54, 1.807) is 5.57 Å². The zero-order valence-corrected chi connectivity index (χ0v) is 19.0. The Morgan fingerprint density at radius 2 is 1.86 bits per heavy atom. The van der Waals surface area contributed by atoms with Gasteiger partial charge in [-0.05, 0) is 118 Å². The van der Waals surface area contributed by atoms with Gasteiger partial charge in [0.15, 0.2) is 0 Å². The molecule has 0 heterocycles. The summed E-state index contributed by atoms with van der Waals surface area (Å²) in [6.45, 7) is 11.5. The minimum atomic E-state index is -0.532. The van der Waals surface area contributed by atoms with Crippen molar-refractivity contribution < 1.29 is 10.2 Å². The smallest absolute Gasteiger partial charge is 0.0591 e. The van der Waals surface area contributed by atoms with Crippen LogP contribution in [0.4, 0.5) is 0 Å². The van der Waals surface area contributed by atoms with Gasteiger partial charge in [0.2, 0.25) is 0 Å². The Hall–Kier alpha value is -0.340. The van der Waals surface area contributed by atoms with Gasteiger partial charge in [-0.2, -0.15) is 0 Å². The Morgan fingerprint density at radius 1 is 1.11 bits per heavy atom. The van der Waals surface area contributed by atoms with E-state index in [2.05, 4.69) is 26.8 Å². The molecule has 0 aromatic rings. The molecule has 28 heavy (non-hydrogen) atoms. The highest BCUT2D eigenvalue weighted by molar-refractivity contribution is 5.25. The van der Waals surface area contributed by atoms with Gasteiger partial charge in [0.1, 0.15) is 0 Å². The van der Waals surface area contributed by atoms with Crippen LogP contribution in [0.25, 0.3) is 0 Å². The van der Waals surface area contributed by atoms with Gasteiger partial charge in [0, 0.05) is 0 Å². The fourth-order valence-electron chi connectivity index (χ4n) is 8.40. The highest BCUT2D eigenvalue weighted by Crippen LogP contribution is 2.67. The largest absolute Gasteiger partial charge is 0.393 e. The van der Waals surface area contributed by atoms with Crippen LogP contribution in [0.3, 0.4) is 0 Å². The lowest BCUT2D eigenvalue weighted by Gasteiger charge is -2.58. The Balaban J connectivity index is 1.52. The van der Waals surface area contributed by atoms with Crippen molar-refractivity contribution in [3.8, 4) is 0 Å². The molecule has 0 radical (unpaired) electrons. The van der Waals surface area contributed by atoms with Crippen LogP contribution in [0.1, 0.15) is 98.8 Å². The summed E-state index contributed by atoms with van der Waals surface area (Å²) < 4.78 is 0. The third kappa shape index (κ3) is 3.41. The molecule has 0 amide bonds. The normalized spacial score (nSPS) is 47.0. The molecule has 3 saturated carbocycles. The predicted molar refractivity (Wildman–Crippen MR) is 116 cm³/mol. The molecule has 2 nitrogen and oxygen atoms in total. The average molecular weight is 389 g/mol. The van der Waals surface area contributed by atoms with E-state index in [-0.39, 0.29) is 6.10 Å². The predicted octanol–water partition coefficient (Wildman–Crippen LogP) is 6.11. The van der Waals surface area contributed by atoms with Crippen molar-refractivity contribution >= 4 is 0 Å². The SMILES string of the molecule is CC(CCC(C)(C)O)C1CCC2C3CC=C4CC(O)CC[C@]4(C)C3CC[C@]12C. The van der Waals surface area contributed by atoms with Crippen LogP contribution in [-0.2, 0) is 0 Å². The van der Waals surface area contributed by atoms with Crippen LogP contribution in [-0.4, -0.2) is 21.9 Å². The van der Waals surface area contributed by atoms with Crippen molar-refractivity contribution in [2.75, 3.05) is 0 Å². The summed E-state index contributed by atoms with van der Waals surface area (Å²) in [4.78, 5) is 0. The van der Waals surface area contributed by atoms with Crippen molar-refractivity contribution in [1.82, 2.24) is 0 Å². The third-order valence-electron chi connectivity index (χ3n) is 10.0. The lowest BCUT2D eigenvalue weighted by molar-refractivity contribution is -0.0585. The van der Waals surface area contributed by atoms with E-state index >= 15 is 0 Å². The number of allylic oxidation sites excluding steroid dienone is 1. The average Bonchev–Trinajstić information content (AvgIpc) is 2.97. The van der Waals surface area contributed by atoms with E-state index in [1.165, 1.54) is 38.5 Å². The summed E-state index contributed by atoms with van der Waals surface area (Å²) in [5.41, 5.74) is 1.91. The Kier molecular flexibility index (Phi) is 5.32. The van der Waals surface area contributed by atoms with E-state index in [0.717, 1.165) is 49.4 Å². The van der Waals surface area contributed by atoms with Gasteiger partial charge in [-0.1, -0.05) is 32.4 Å². The molecule has 0 aromatic heterocycles. The van der Waals surface area contributed by atoms with Crippen molar-refractivity contribution in [3.05, 3.63) is 11.6 Å². The van der Waals surface area contributed by atoms with E-state index < -0.39 is 5.60 Å². The minimum absolute atomic E-state index is 0.0998. The second kappa shape index (κ2) is 7.12. The van der Waals surface area contributed by atoms with E-state index in [1.807, 2.05) is 13.8 Å². The van der Waals surface area contributed by atoms with Crippen LogP contribution >= 0.6 is 0 Å². The molecule has 0 aliphatic heterocycles. The lowest BCUT2D eigenvalue weighted by Crippen LogP contribution is -2.50. The topological polar surface area (TPSA) is 40.5 Å². The van der Waals surface area contributed by atoms with Gasteiger partial charge in [0.05, 0.1) is 11.7 Å². The second-order valence-corrected chi connectivity index (χ2v) is 12.2. The number of rotatable bonds is 4. The molecule has 2 heteroatoms. The first kappa shape index (κ1) is 20.9. The molecular formula is C26H44O2. The van der Waals surface area contributed by atoms with Crippen molar-refractivity contribution in [3.63, 3.8) is 0 Å². The van der Waals surface area contributed by atoms with Crippen LogP contribution in [0, 0.1) is 40.4 Å². The molecule has 4 rings (SSSR count). The molecular weight excluding hydrogens is 344 g/mol. The molecule has 6 unspecified atom stereocenters. The summed E-state index contributed by atoms with van der Waals surface area (Å²) >= 11 is 0. The monoisotopic (exact) mass is 388 g/mol. The summed E-state index contributed by atoms with van der Waals surface area (Å²) in [6, 6.07) is 0. The van der Waals surface area contributed by atoms with Crippen LogP contribution < -0.4 is 0 Å². The summed E-state index contributed by atoms with van der Waals surface area (Å²) in [6.07, 6.45) is 14.5. The first-order chi connectivity index (χ1) is 13.0. The maximum Gasteiger partial charge on any atom is 0.0591 e. The highest BCUT2D eigenvalue weighted by Gasteiger charge is 2.59. The van der Waals surface area contributed by atoms with Gasteiger partial charge in [-0.15, -0.1) is 0 Å². The van der Waals surface area contributed by atoms with Crippen LogP contribution in [0.15, 0.2) is 11.6 Å². The number of hydrogen-bond donors (Lipinski definition) is 2. The zero-order valence-electron chi connectivity index (χ0n) is 19.0. The Morgan fingerprint density at radius 3 is 2.57 bits per heavy atom. The van der Waals surface area contributed by atoms with E-state index in [0.29, 0.717) is 16.7 Å². The van der Waals surface area contributed by atoms with Crippen molar-refractivity contribution in [2.24, 2.45) is 40.4 Å². The molecule has 4 aliphatic rings. The molecule has 0 bridgehead atoms. The number of hydrogen-bond acceptors (Lipinski definition) is 2. The summed E-state index contributed by atoms with van der Waals surface area (Å²) in [7, 11) is 0. The Bertz CT molecular complexity index is 616. The number of aliphatic hydroxyl groups is 2. The fraction of sp³-hybridized carbons (Fsp3) is 0.923. The lowest BCUT2D eigenvalue weighted by atomic mass is 9.47. The third-order valence-corrected chi connectivity index (χ3v) is 10.0. The first-order valence-electron chi connectivity index (χ1n) is 12.1. The van der Waals surface area contributed by atoms with Crippen LogP contribution in [0.2, 0.25) is 0 Å². The maximum absolute atomic E-state index is 10.2. The molecule has 4 aliphatic carbocycles. The second-order valence-electron chi connectivity index (χ2n) is 12.2. The summed E-state index contributed by atoms with van der Waals surface area (Å²) in [5, 5.41) is 20.4. The number of aliphatic hydroxyl groups excluding tert-OH is 1.